The van der Waals surface area contributed by atoms with Gasteiger partial charge in [-0.15, -0.1) is 0 Å². The monoisotopic (exact) mass is 419 g/mol. The normalized spacial score (nSPS) is 16.2. The number of methoxy groups -OCH3 is 1. The molecule has 2 aromatic heterocycles. The molecule has 0 bridgehead atoms. The van der Waals surface area contributed by atoms with E-state index in [0.29, 0.717) is 5.82 Å². The van der Waals surface area contributed by atoms with Crippen LogP contribution in [0.2, 0.25) is 0 Å². The standard InChI is InChI=1S/C24H29N5O2/c1-18-7-6-10-20(26-18)17-28-15-12-21(13-16-28)29-22(11-14-25-29)27-24(30)23(31-2)19-8-4-3-5-9-19/h3-11,14,21,23H,12-13,15-17H2,1-2H3,(H,27,30). The molecular formula is C24H29N5O2. The zero-order chi connectivity index (χ0) is 21.6. The topological polar surface area (TPSA) is 72.3 Å². The summed E-state index contributed by atoms with van der Waals surface area (Å²) < 4.78 is 7.40. The van der Waals surface area contributed by atoms with E-state index in [1.54, 1.807) is 13.3 Å². The SMILES string of the molecule is COC(C(=O)Nc1ccnn1C1CCN(Cc2cccc(C)n2)CC1)c1ccccc1. The third-order valence-electron chi connectivity index (χ3n) is 5.73. The molecule has 3 heterocycles. The zero-order valence-corrected chi connectivity index (χ0v) is 18.1. The van der Waals surface area contributed by atoms with Crippen molar-refractivity contribution in [2.24, 2.45) is 0 Å². The van der Waals surface area contributed by atoms with Gasteiger partial charge in [-0.2, -0.15) is 5.10 Å². The van der Waals surface area contributed by atoms with E-state index in [-0.39, 0.29) is 11.9 Å². The lowest BCUT2D eigenvalue weighted by atomic mass is 10.0. The molecule has 0 spiro atoms. The predicted octanol–water partition coefficient (Wildman–Crippen LogP) is 3.75. The van der Waals surface area contributed by atoms with Crippen LogP contribution in [0, 0.1) is 6.92 Å². The number of nitrogens with zero attached hydrogens (tertiary/aromatic N) is 4. The lowest BCUT2D eigenvalue weighted by molar-refractivity contribution is -0.126. The van der Waals surface area contributed by atoms with Crippen molar-refractivity contribution in [3.05, 3.63) is 77.7 Å². The number of rotatable bonds is 7. The first kappa shape index (κ1) is 21.2. The Bertz CT molecular complexity index is 996. The van der Waals surface area contributed by atoms with Crippen LogP contribution in [0.25, 0.3) is 0 Å². The summed E-state index contributed by atoms with van der Waals surface area (Å²) in [5.74, 6) is 0.514. The molecule has 7 heteroatoms. The maximum Gasteiger partial charge on any atom is 0.259 e. The fraction of sp³-hybridized carbons (Fsp3) is 0.375. The van der Waals surface area contributed by atoms with Crippen LogP contribution in [0.3, 0.4) is 0 Å². The number of carbonyl (C=O) groups excluding carboxylic acids is 1. The number of anilines is 1. The molecule has 1 unspecified atom stereocenters. The minimum Gasteiger partial charge on any atom is -0.367 e. The van der Waals surface area contributed by atoms with Gasteiger partial charge >= 0.3 is 0 Å². The van der Waals surface area contributed by atoms with Crippen LogP contribution in [0.4, 0.5) is 5.82 Å². The summed E-state index contributed by atoms with van der Waals surface area (Å²) in [7, 11) is 1.55. The predicted molar refractivity (Wildman–Crippen MR) is 120 cm³/mol. The second-order valence-corrected chi connectivity index (χ2v) is 7.95. The molecular weight excluding hydrogens is 390 g/mol. The fourth-order valence-corrected chi connectivity index (χ4v) is 4.16. The fourth-order valence-electron chi connectivity index (χ4n) is 4.16. The maximum absolute atomic E-state index is 12.9. The number of aryl methyl sites for hydroxylation is 1. The summed E-state index contributed by atoms with van der Waals surface area (Å²) in [5, 5.41) is 7.51. The lowest BCUT2D eigenvalue weighted by Crippen LogP contribution is -2.35. The van der Waals surface area contributed by atoms with Gasteiger partial charge in [-0.25, -0.2) is 4.68 Å². The average molecular weight is 420 g/mol. The molecule has 0 radical (unpaired) electrons. The first-order chi connectivity index (χ1) is 15.1. The summed E-state index contributed by atoms with van der Waals surface area (Å²) in [6, 6.07) is 17.8. The van der Waals surface area contributed by atoms with E-state index in [1.165, 1.54) is 0 Å². The van der Waals surface area contributed by atoms with E-state index in [9.17, 15) is 4.79 Å². The lowest BCUT2D eigenvalue weighted by Gasteiger charge is -2.32. The molecule has 31 heavy (non-hydrogen) atoms. The van der Waals surface area contributed by atoms with E-state index >= 15 is 0 Å². The van der Waals surface area contributed by atoms with Gasteiger partial charge in [0.1, 0.15) is 5.82 Å². The van der Waals surface area contributed by atoms with Crippen LogP contribution in [0.5, 0.6) is 0 Å². The molecule has 162 valence electrons. The smallest absolute Gasteiger partial charge is 0.259 e. The number of amides is 1. The quantitative estimate of drug-likeness (QED) is 0.631. The van der Waals surface area contributed by atoms with Gasteiger partial charge in [0.25, 0.3) is 5.91 Å². The Hall–Kier alpha value is -3.03. The molecule has 0 aliphatic carbocycles. The first-order valence-corrected chi connectivity index (χ1v) is 10.7. The Morgan fingerprint density at radius 2 is 1.90 bits per heavy atom. The molecule has 1 atom stereocenters. The Balaban J connectivity index is 1.37. The zero-order valence-electron chi connectivity index (χ0n) is 18.1. The van der Waals surface area contributed by atoms with Gasteiger partial charge in [0.05, 0.1) is 17.9 Å². The molecule has 7 nitrogen and oxygen atoms in total. The molecule has 1 fully saturated rings. The first-order valence-electron chi connectivity index (χ1n) is 10.7. The van der Waals surface area contributed by atoms with Gasteiger partial charge in [0.2, 0.25) is 0 Å². The maximum atomic E-state index is 12.9. The van der Waals surface area contributed by atoms with Crippen molar-refractivity contribution < 1.29 is 9.53 Å². The van der Waals surface area contributed by atoms with E-state index in [4.69, 9.17) is 4.74 Å². The minimum atomic E-state index is -0.659. The van der Waals surface area contributed by atoms with Gasteiger partial charge in [0, 0.05) is 38.5 Å². The average Bonchev–Trinajstić information content (AvgIpc) is 3.23. The van der Waals surface area contributed by atoms with Crippen molar-refractivity contribution in [3.63, 3.8) is 0 Å². The van der Waals surface area contributed by atoms with Crippen LogP contribution in [-0.2, 0) is 16.1 Å². The molecule has 0 saturated carbocycles. The van der Waals surface area contributed by atoms with Gasteiger partial charge in [-0.1, -0.05) is 36.4 Å². The highest BCUT2D eigenvalue weighted by Gasteiger charge is 2.25. The van der Waals surface area contributed by atoms with Crippen LogP contribution >= 0.6 is 0 Å². The summed E-state index contributed by atoms with van der Waals surface area (Å²) in [6.07, 6.45) is 3.03. The highest BCUT2D eigenvalue weighted by atomic mass is 16.5. The van der Waals surface area contributed by atoms with E-state index in [0.717, 1.165) is 49.4 Å². The third kappa shape index (κ3) is 5.18. The van der Waals surface area contributed by atoms with Crippen molar-refractivity contribution >= 4 is 11.7 Å². The van der Waals surface area contributed by atoms with Crippen molar-refractivity contribution in [1.82, 2.24) is 19.7 Å². The molecule has 1 saturated heterocycles. The third-order valence-corrected chi connectivity index (χ3v) is 5.73. The molecule has 1 aromatic carbocycles. The number of aromatic nitrogens is 3. The van der Waals surface area contributed by atoms with Crippen LogP contribution in [0.15, 0.2) is 60.8 Å². The Morgan fingerprint density at radius 1 is 1.13 bits per heavy atom. The number of carbonyl (C=O) groups is 1. The number of likely N-dealkylation sites (tertiary alicyclic amines) is 1. The summed E-state index contributed by atoms with van der Waals surface area (Å²) >= 11 is 0. The highest BCUT2D eigenvalue weighted by Crippen LogP contribution is 2.27. The number of nitrogens with one attached hydrogen (secondary N) is 1. The Kier molecular flexibility index (Phi) is 6.74. The van der Waals surface area contributed by atoms with E-state index < -0.39 is 6.10 Å². The van der Waals surface area contributed by atoms with Gasteiger partial charge in [0.15, 0.2) is 6.10 Å². The largest absolute Gasteiger partial charge is 0.367 e. The van der Waals surface area contributed by atoms with Crippen molar-refractivity contribution in [3.8, 4) is 0 Å². The van der Waals surface area contributed by atoms with Gasteiger partial charge < -0.3 is 10.1 Å². The van der Waals surface area contributed by atoms with E-state index in [2.05, 4.69) is 32.4 Å². The molecule has 3 aromatic rings. The Morgan fingerprint density at radius 3 is 2.61 bits per heavy atom. The van der Waals surface area contributed by atoms with Gasteiger partial charge in [-0.05, 0) is 37.5 Å². The van der Waals surface area contributed by atoms with Crippen LogP contribution < -0.4 is 5.32 Å². The van der Waals surface area contributed by atoms with Crippen LogP contribution in [-0.4, -0.2) is 45.8 Å². The second kappa shape index (κ2) is 9.85. The molecule has 1 amide bonds. The van der Waals surface area contributed by atoms with Gasteiger partial charge in [-0.3, -0.25) is 14.7 Å². The summed E-state index contributed by atoms with van der Waals surface area (Å²) in [4.78, 5) is 19.9. The van der Waals surface area contributed by atoms with Crippen molar-refractivity contribution in [2.45, 2.75) is 38.5 Å². The molecule has 1 N–H and O–H groups in total. The second-order valence-electron chi connectivity index (χ2n) is 7.95. The minimum absolute atomic E-state index is 0.196. The van der Waals surface area contributed by atoms with Crippen LogP contribution in [0.1, 0.15) is 41.9 Å². The number of piperidine rings is 1. The Labute approximate surface area is 183 Å². The molecule has 4 rings (SSSR count). The number of hydrogen-bond donors (Lipinski definition) is 1. The van der Waals surface area contributed by atoms with Crippen molar-refractivity contribution in [1.29, 1.82) is 0 Å². The summed E-state index contributed by atoms with van der Waals surface area (Å²) in [5.41, 5.74) is 2.98. The number of ether oxygens (including phenoxy) is 1. The molecule has 1 aliphatic heterocycles. The molecule has 1 aliphatic rings. The summed E-state index contributed by atoms with van der Waals surface area (Å²) in [6.45, 7) is 4.83. The number of hydrogen-bond acceptors (Lipinski definition) is 5. The number of pyridine rings is 1. The van der Waals surface area contributed by atoms with Crippen molar-refractivity contribution in [2.75, 3.05) is 25.5 Å². The van der Waals surface area contributed by atoms with E-state index in [1.807, 2.05) is 54.1 Å². The highest BCUT2D eigenvalue weighted by molar-refractivity contribution is 5.94. The number of benzene rings is 1.